The molecule has 0 spiro atoms. The van der Waals surface area contributed by atoms with Crippen LogP contribution in [0.15, 0.2) is 18.2 Å². The fraction of sp³-hybridized carbons (Fsp3) is 0.385. The van der Waals surface area contributed by atoms with Crippen molar-refractivity contribution in [1.82, 2.24) is 10.2 Å². The van der Waals surface area contributed by atoms with Crippen LogP contribution < -0.4 is 5.32 Å². The van der Waals surface area contributed by atoms with Crippen LogP contribution in [0.4, 0.5) is 0 Å². The standard InChI is InChI=1S/C13H16N2O2/c1-9(16)14-6-11-3-4-12-7-15(10(2)17)8-13(12)5-11/h3-5H,6-8H2,1-2H3,(H,14,16). The molecule has 0 saturated heterocycles. The van der Waals surface area contributed by atoms with Crippen molar-refractivity contribution >= 4 is 11.8 Å². The minimum absolute atomic E-state index is 0.0316. The lowest BCUT2D eigenvalue weighted by atomic mass is 10.1. The van der Waals surface area contributed by atoms with Gasteiger partial charge in [-0.25, -0.2) is 0 Å². The number of nitrogens with zero attached hydrogens (tertiary/aromatic N) is 1. The SMILES string of the molecule is CC(=O)NCc1ccc2c(c1)CN(C(C)=O)C2. The van der Waals surface area contributed by atoms with Crippen LogP contribution in [-0.2, 0) is 29.2 Å². The molecule has 1 aliphatic heterocycles. The number of nitrogens with one attached hydrogen (secondary N) is 1. The molecule has 1 aromatic rings. The topological polar surface area (TPSA) is 49.4 Å². The molecule has 2 amide bonds. The van der Waals surface area contributed by atoms with Gasteiger partial charge in [0.15, 0.2) is 0 Å². The van der Waals surface area contributed by atoms with Crippen molar-refractivity contribution in [1.29, 1.82) is 0 Å². The van der Waals surface area contributed by atoms with Crippen molar-refractivity contribution in [2.24, 2.45) is 0 Å². The van der Waals surface area contributed by atoms with Crippen LogP contribution in [-0.4, -0.2) is 16.7 Å². The van der Waals surface area contributed by atoms with Crippen molar-refractivity contribution < 1.29 is 9.59 Å². The van der Waals surface area contributed by atoms with Crippen molar-refractivity contribution in [3.63, 3.8) is 0 Å². The first-order valence-corrected chi connectivity index (χ1v) is 5.67. The van der Waals surface area contributed by atoms with Crippen LogP contribution in [0.3, 0.4) is 0 Å². The number of hydrogen-bond donors (Lipinski definition) is 1. The fourth-order valence-corrected chi connectivity index (χ4v) is 2.01. The lowest BCUT2D eigenvalue weighted by Crippen LogP contribution is -2.21. The first-order chi connectivity index (χ1) is 8.06. The number of rotatable bonds is 2. The van der Waals surface area contributed by atoms with Crippen molar-refractivity contribution in [2.45, 2.75) is 33.5 Å². The highest BCUT2D eigenvalue weighted by Gasteiger charge is 2.20. The highest BCUT2D eigenvalue weighted by Crippen LogP contribution is 2.23. The molecule has 2 rings (SSSR count). The number of amides is 2. The molecule has 0 fully saturated rings. The van der Waals surface area contributed by atoms with Gasteiger partial charge in [0.25, 0.3) is 0 Å². The molecule has 0 unspecified atom stereocenters. The maximum absolute atomic E-state index is 11.3. The minimum atomic E-state index is -0.0316. The van der Waals surface area contributed by atoms with E-state index in [9.17, 15) is 9.59 Å². The van der Waals surface area contributed by atoms with E-state index in [1.165, 1.54) is 18.1 Å². The maximum Gasteiger partial charge on any atom is 0.220 e. The van der Waals surface area contributed by atoms with E-state index in [4.69, 9.17) is 0 Å². The van der Waals surface area contributed by atoms with E-state index in [1.54, 1.807) is 6.92 Å². The predicted octanol–water partition coefficient (Wildman–Crippen LogP) is 1.18. The Balaban J connectivity index is 2.09. The van der Waals surface area contributed by atoms with Crippen molar-refractivity contribution in [3.8, 4) is 0 Å². The monoisotopic (exact) mass is 232 g/mol. The summed E-state index contributed by atoms with van der Waals surface area (Å²) >= 11 is 0. The zero-order valence-electron chi connectivity index (χ0n) is 10.1. The lowest BCUT2D eigenvalue weighted by Gasteiger charge is -2.11. The summed E-state index contributed by atoms with van der Waals surface area (Å²) in [4.78, 5) is 23.9. The molecule has 0 aromatic heterocycles. The van der Waals surface area contributed by atoms with Gasteiger partial charge in [0, 0.05) is 33.5 Å². The molecule has 1 N–H and O–H groups in total. The Hall–Kier alpha value is -1.84. The molecular formula is C13H16N2O2. The van der Waals surface area contributed by atoms with Crippen LogP contribution >= 0.6 is 0 Å². The molecule has 4 nitrogen and oxygen atoms in total. The Morgan fingerprint density at radius 1 is 1.24 bits per heavy atom. The Kier molecular flexibility index (Phi) is 3.13. The summed E-state index contributed by atoms with van der Waals surface area (Å²) in [5.41, 5.74) is 3.46. The van der Waals surface area contributed by atoms with E-state index in [1.807, 2.05) is 17.0 Å². The zero-order valence-corrected chi connectivity index (χ0v) is 10.1. The first kappa shape index (κ1) is 11.6. The summed E-state index contributed by atoms with van der Waals surface area (Å²) in [5, 5.41) is 2.77. The van der Waals surface area contributed by atoms with Crippen LogP contribution in [0.25, 0.3) is 0 Å². The highest BCUT2D eigenvalue weighted by molar-refractivity contribution is 5.74. The Morgan fingerprint density at radius 3 is 2.59 bits per heavy atom. The van der Waals surface area contributed by atoms with E-state index in [2.05, 4.69) is 11.4 Å². The van der Waals surface area contributed by atoms with Crippen LogP contribution in [0, 0.1) is 0 Å². The number of carbonyl (C=O) groups excluding carboxylic acids is 2. The molecule has 90 valence electrons. The quantitative estimate of drug-likeness (QED) is 0.832. The summed E-state index contributed by atoms with van der Waals surface area (Å²) in [6.45, 7) is 5.02. The van der Waals surface area contributed by atoms with Crippen LogP contribution in [0.2, 0.25) is 0 Å². The molecule has 1 aliphatic rings. The number of hydrogen-bond acceptors (Lipinski definition) is 2. The molecule has 0 radical (unpaired) electrons. The average Bonchev–Trinajstić information content (AvgIpc) is 2.69. The van der Waals surface area contributed by atoms with Gasteiger partial charge in [0.1, 0.15) is 0 Å². The summed E-state index contributed by atoms with van der Waals surface area (Å²) in [6, 6.07) is 6.10. The van der Waals surface area contributed by atoms with Gasteiger partial charge in [-0.15, -0.1) is 0 Å². The predicted molar refractivity (Wildman–Crippen MR) is 63.9 cm³/mol. The van der Waals surface area contributed by atoms with Crippen molar-refractivity contribution in [3.05, 3.63) is 34.9 Å². The normalized spacial score (nSPS) is 13.4. The smallest absolute Gasteiger partial charge is 0.220 e. The van der Waals surface area contributed by atoms with Gasteiger partial charge < -0.3 is 10.2 Å². The van der Waals surface area contributed by atoms with Crippen LogP contribution in [0.1, 0.15) is 30.5 Å². The fourth-order valence-electron chi connectivity index (χ4n) is 2.01. The lowest BCUT2D eigenvalue weighted by molar-refractivity contribution is -0.129. The highest BCUT2D eigenvalue weighted by atomic mass is 16.2. The van der Waals surface area contributed by atoms with E-state index in [0.29, 0.717) is 19.6 Å². The van der Waals surface area contributed by atoms with Gasteiger partial charge in [0.05, 0.1) is 0 Å². The van der Waals surface area contributed by atoms with Gasteiger partial charge in [-0.05, 0) is 16.7 Å². The van der Waals surface area contributed by atoms with Gasteiger partial charge in [0.2, 0.25) is 11.8 Å². The molecule has 0 atom stereocenters. The first-order valence-electron chi connectivity index (χ1n) is 5.67. The Labute approximate surface area is 101 Å². The number of fused-ring (bicyclic) bond motifs is 1. The van der Waals surface area contributed by atoms with Gasteiger partial charge in [-0.2, -0.15) is 0 Å². The minimum Gasteiger partial charge on any atom is -0.352 e. The molecule has 4 heteroatoms. The molecule has 0 bridgehead atoms. The van der Waals surface area contributed by atoms with Gasteiger partial charge >= 0.3 is 0 Å². The second-order valence-electron chi connectivity index (χ2n) is 4.39. The third kappa shape index (κ3) is 2.64. The van der Waals surface area contributed by atoms with E-state index in [-0.39, 0.29) is 11.8 Å². The van der Waals surface area contributed by atoms with Gasteiger partial charge in [-0.3, -0.25) is 9.59 Å². The second kappa shape index (κ2) is 4.57. The Bertz CT molecular complexity index is 468. The summed E-state index contributed by atoms with van der Waals surface area (Å²) in [5.74, 6) is 0.0699. The summed E-state index contributed by atoms with van der Waals surface area (Å²) < 4.78 is 0. The third-order valence-corrected chi connectivity index (χ3v) is 2.98. The molecule has 1 heterocycles. The number of carbonyl (C=O) groups is 2. The van der Waals surface area contributed by atoms with E-state index >= 15 is 0 Å². The summed E-state index contributed by atoms with van der Waals surface area (Å²) in [7, 11) is 0. The van der Waals surface area contributed by atoms with Crippen LogP contribution in [0.5, 0.6) is 0 Å². The molecule has 0 aliphatic carbocycles. The number of benzene rings is 1. The molecular weight excluding hydrogens is 216 g/mol. The van der Waals surface area contributed by atoms with E-state index in [0.717, 1.165) is 5.56 Å². The molecule has 0 saturated carbocycles. The average molecular weight is 232 g/mol. The third-order valence-electron chi connectivity index (χ3n) is 2.98. The molecule has 1 aromatic carbocycles. The summed E-state index contributed by atoms with van der Waals surface area (Å²) in [6.07, 6.45) is 0. The Morgan fingerprint density at radius 2 is 1.94 bits per heavy atom. The largest absolute Gasteiger partial charge is 0.352 e. The zero-order chi connectivity index (χ0) is 12.4. The second-order valence-corrected chi connectivity index (χ2v) is 4.39. The van der Waals surface area contributed by atoms with E-state index < -0.39 is 0 Å². The maximum atomic E-state index is 11.3. The van der Waals surface area contributed by atoms with Gasteiger partial charge in [-0.1, -0.05) is 18.2 Å². The molecule has 17 heavy (non-hydrogen) atoms. The van der Waals surface area contributed by atoms with Crippen molar-refractivity contribution in [2.75, 3.05) is 0 Å².